The summed E-state index contributed by atoms with van der Waals surface area (Å²) in [5, 5.41) is 3.56. The van der Waals surface area contributed by atoms with E-state index >= 15 is 0 Å². The Labute approximate surface area is 135 Å². The van der Waals surface area contributed by atoms with Gasteiger partial charge in [0.2, 0.25) is 0 Å². The zero-order valence-electron chi connectivity index (χ0n) is 12.7. The molecule has 1 atom stereocenters. The lowest BCUT2D eigenvalue weighted by Gasteiger charge is -2.28. The van der Waals surface area contributed by atoms with Crippen LogP contribution in [0.3, 0.4) is 0 Å². The molecule has 3 nitrogen and oxygen atoms in total. The maximum atomic E-state index is 4.65. The maximum absolute atomic E-state index is 4.65. The summed E-state index contributed by atoms with van der Waals surface area (Å²) in [6.07, 6.45) is 3.15. The van der Waals surface area contributed by atoms with E-state index in [1.165, 1.54) is 23.5 Å². The topological polar surface area (TPSA) is 28.2 Å². The van der Waals surface area contributed by atoms with Crippen LogP contribution >= 0.6 is 27.7 Å². The van der Waals surface area contributed by atoms with Crippen LogP contribution in [0, 0.1) is 0 Å². The van der Waals surface area contributed by atoms with Crippen molar-refractivity contribution >= 4 is 33.5 Å². The van der Waals surface area contributed by atoms with Gasteiger partial charge in [-0.2, -0.15) is 11.8 Å². The van der Waals surface area contributed by atoms with Crippen LogP contribution in [0.2, 0.25) is 0 Å². The van der Waals surface area contributed by atoms with Gasteiger partial charge >= 0.3 is 0 Å². The van der Waals surface area contributed by atoms with Gasteiger partial charge in [0.15, 0.2) is 0 Å². The molecular formula is C15H24BrN3S. The van der Waals surface area contributed by atoms with Crippen molar-refractivity contribution < 1.29 is 0 Å². The number of halogens is 1. The number of rotatable bonds is 4. The molecule has 1 aliphatic heterocycles. The first-order valence-corrected chi connectivity index (χ1v) is 9.01. The van der Waals surface area contributed by atoms with Crippen LogP contribution in [0.25, 0.3) is 0 Å². The van der Waals surface area contributed by atoms with Gasteiger partial charge < -0.3 is 10.2 Å². The van der Waals surface area contributed by atoms with Crippen molar-refractivity contribution in [3.8, 4) is 0 Å². The number of thioether (sulfide) groups is 1. The summed E-state index contributed by atoms with van der Waals surface area (Å²) in [6, 6.07) is 2.79. The van der Waals surface area contributed by atoms with E-state index in [1.807, 2.05) is 18.0 Å². The maximum Gasteiger partial charge on any atom is 0.133 e. The molecule has 1 fully saturated rings. The second kappa shape index (κ2) is 6.67. The fourth-order valence-electron chi connectivity index (χ4n) is 2.28. The molecule has 1 aromatic heterocycles. The van der Waals surface area contributed by atoms with E-state index < -0.39 is 0 Å². The minimum atomic E-state index is 0.112. The van der Waals surface area contributed by atoms with Gasteiger partial charge in [-0.05, 0) is 54.9 Å². The van der Waals surface area contributed by atoms with Crippen LogP contribution in [-0.2, 0) is 6.54 Å². The third kappa shape index (κ3) is 4.37. The number of pyridine rings is 1. The molecule has 1 N–H and O–H groups in total. The predicted octanol–water partition coefficient (Wildman–Crippen LogP) is 3.67. The monoisotopic (exact) mass is 357 g/mol. The van der Waals surface area contributed by atoms with Crippen molar-refractivity contribution in [2.75, 3.05) is 23.5 Å². The summed E-state index contributed by atoms with van der Waals surface area (Å²) >= 11 is 5.57. The van der Waals surface area contributed by atoms with Crippen molar-refractivity contribution in [1.82, 2.24) is 10.3 Å². The Hall–Kier alpha value is -0.260. The highest BCUT2D eigenvalue weighted by molar-refractivity contribution is 9.10. The van der Waals surface area contributed by atoms with Gasteiger partial charge in [-0.3, -0.25) is 0 Å². The zero-order chi connectivity index (χ0) is 14.8. The molecule has 0 bridgehead atoms. The summed E-state index contributed by atoms with van der Waals surface area (Å²) in [6.45, 7) is 7.41. The van der Waals surface area contributed by atoms with Crippen molar-refractivity contribution in [2.24, 2.45) is 0 Å². The average molecular weight is 358 g/mol. The van der Waals surface area contributed by atoms with Crippen molar-refractivity contribution in [1.29, 1.82) is 0 Å². The number of anilines is 1. The molecule has 2 rings (SSSR count). The summed E-state index contributed by atoms with van der Waals surface area (Å²) in [4.78, 5) is 7.01. The van der Waals surface area contributed by atoms with Crippen LogP contribution in [0.1, 0.15) is 32.8 Å². The van der Waals surface area contributed by atoms with Gasteiger partial charge in [-0.15, -0.1) is 0 Å². The quantitative estimate of drug-likeness (QED) is 0.889. The SMILES string of the molecule is CN(c1ncc(Br)cc1CNC(C)(C)C)C1CCSC1. The Bertz CT molecular complexity index is 453. The predicted molar refractivity (Wildman–Crippen MR) is 92.7 cm³/mol. The second-order valence-electron chi connectivity index (χ2n) is 6.37. The highest BCUT2D eigenvalue weighted by atomic mass is 79.9. The van der Waals surface area contributed by atoms with E-state index in [4.69, 9.17) is 0 Å². The number of nitrogens with one attached hydrogen (secondary N) is 1. The molecule has 112 valence electrons. The fourth-order valence-corrected chi connectivity index (χ4v) is 3.93. The molecule has 0 aliphatic carbocycles. The second-order valence-corrected chi connectivity index (χ2v) is 8.43. The Kier molecular flexibility index (Phi) is 5.37. The highest BCUT2D eigenvalue weighted by Crippen LogP contribution is 2.28. The van der Waals surface area contributed by atoms with Crippen LogP contribution < -0.4 is 10.2 Å². The number of nitrogens with zero attached hydrogens (tertiary/aromatic N) is 2. The molecule has 1 unspecified atom stereocenters. The molecular weight excluding hydrogens is 334 g/mol. The summed E-state index contributed by atoms with van der Waals surface area (Å²) < 4.78 is 1.04. The molecule has 1 saturated heterocycles. The van der Waals surface area contributed by atoms with E-state index in [1.54, 1.807) is 0 Å². The molecule has 1 aliphatic rings. The van der Waals surface area contributed by atoms with Crippen LogP contribution in [-0.4, -0.2) is 35.1 Å². The van der Waals surface area contributed by atoms with Crippen LogP contribution in [0.4, 0.5) is 5.82 Å². The average Bonchev–Trinajstić information content (AvgIpc) is 2.88. The third-order valence-corrected chi connectivity index (χ3v) is 5.08. The molecule has 2 heterocycles. The molecule has 0 aromatic carbocycles. The lowest BCUT2D eigenvalue weighted by molar-refractivity contribution is 0.424. The zero-order valence-corrected chi connectivity index (χ0v) is 15.1. The summed E-state index contributed by atoms with van der Waals surface area (Å²) in [5.74, 6) is 3.58. The van der Waals surface area contributed by atoms with Gasteiger partial charge in [0.1, 0.15) is 5.82 Å². The molecule has 0 amide bonds. The summed E-state index contributed by atoms with van der Waals surface area (Å²) in [7, 11) is 2.17. The van der Waals surface area contributed by atoms with Crippen molar-refractivity contribution in [3.05, 3.63) is 22.3 Å². The van der Waals surface area contributed by atoms with Gasteiger partial charge in [0.05, 0.1) is 0 Å². The lowest BCUT2D eigenvalue weighted by atomic mass is 10.1. The minimum absolute atomic E-state index is 0.112. The molecule has 0 radical (unpaired) electrons. The van der Waals surface area contributed by atoms with Crippen molar-refractivity contribution in [3.63, 3.8) is 0 Å². The minimum Gasteiger partial charge on any atom is -0.356 e. The molecule has 0 spiro atoms. The Morgan fingerprint density at radius 3 is 2.85 bits per heavy atom. The molecule has 0 saturated carbocycles. The Balaban J connectivity index is 2.18. The number of hydrogen-bond acceptors (Lipinski definition) is 4. The molecule has 1 aromatic rings. The first-order chi connectivity index (χ1) is 9.37. The smallest absolute Gasteiger partial charge is 0.133 e. The standard InChI is InChI=1S/C15H24BrN3S/c1-15(2,3)18-8-11-7-12(16)9-17-14(11)19(4)13-5-6-20-10-13/h7,9,13,18H,5-6,8,10H2,1-4H3. The van der Waals surface area contributed by atoms with E-state index in [2.05, 4.69) is 65.0 Å². The van der Waals surface area contributed by atoms with Crippen LogP contribution in [0.5, 0.6) is 0 Å². The number of hydrogen-bond donors (Lipinski definition) is 1. The molecule has 20 heavy (non-hydrogen) atoms. The van der Waals surface area contributed by atoms with Gasteiger partial charge in [-0.25, -0.2) is 4.98 Å². The Morgan fingerprint density at radius 1 is 1.50 bits per heavy atom. The van der Waals surface area contributed by atoms with E-state index in [0.29, 0.717) is 6.04 Å². The highest BCUT2D eigenvalue weighted by Gasteiger charge is 2.23. The van der Waals surface area contributed by atoms with Gasteiger partial charge in [0.25, 0.3) is 0 Å². The number of aromatic nitrogens is 1. The van der Waals surface area contributed by atoms with E-state index in [-0.39, 0.29) is 5.54 Å². The third-order valence-electron chi connectivity index (χ3n) is 3.51. The van der Waals surface area contributed by atoms with Crippen LogP contribution in [0.15, 0.2) is 16.7 Å². The fraction of sp³-hybridized carbons (Fsp3) is 0.667. The summed E-state index contributed by atoms with van der Waals surface area (Å²) in [5.41, 5.74) is 1.37. The normalized spacial score (nSPS) is 19.4. The molecule has 5 heteroatoms. The first-order valence-electron chi connectivity index (χ1n) is 7.07. The Morgan fingerprint density at radius 2 is 2.25 bits per heavy atom. The van der Waals surface area contributed by atoms with E-state index in [0.717, 1.165) is 16.8 Å². The van der Waals surface area contributed by atoms with Gasteiger partial charge in [0, 0.05) is 47.2 Å². The van der Waals surface area contributed by atoms with E-state index in [9.17, 15) is 0 Å². The van der Waals surface area contributed by atoms with Gasteiger partial charge in [-0.1, -0.05) is 0 Å². The first kappa shape index (κ1) is 16.1. The van der Waals surface area contributed by atoms with Crippen molar-refractivity contribution in [2.45, 2.75) is 45.3 Å². The largest absolute Gasteiger partial charge is 0.356 e. The lowest BCUT2D eigenvalue weighted by Crippen LogP contribution is -2.37.